The van der Waals surface area contributed by atoms with Gasteiger partial charge in [-0.3, -0.25) is 4.90 Å². The first-order valence-electron chi connectivity index (χ1n) is 15.9. The second-order valence-corrected chi connectivity index (χ2v) is 19.1. The monoisotopic (exact) mass is 612 g/mol. The van der Waals surface area contributed by atoms with Crippen LogP contribution in [0.3, 0.4) is 0 Å². The number of aromatic nitrogens is 2. The molecule has 8 nitrogen and oxygen atoms in total. The number of aliphatic hydroxyl groups is 1. The summed E-state index contributed by atoms with van der Waals surface area (Å²) in [5.41, 5.74) is 9.06. The van der Waals surface area contributed by atoms with Gasteiger partial charge in [0.25, 0.3) is 0 Å². The highest BCUT2D eigenvalue weighted by Gasteiger charge is 2.42. The molecule has 5 rings (SSSR count). The molecule has 2 aliphatic rings. The molecule has 2 aliphatic heterocycles. The normalized spacial score (nSPS) is 19.1. The lowest BCUT2D eigenvalue weighted by Gasteiger charge is -2.39. The first-order chi connectivity index (χ1) is 20.8. The summed E-state index contributed by atoms with van der Waals surface area (Å²) in [6.07, 6.45) is 3.64. The number of hydrogen-bond donors (Lipinski definition) is 3. The average Bonchev–Trinajstić information content (AvgIpc) is 3.35. The molecule has 0 amide bonds. The predicted octanol–water partition coefficient (Wildman–Crippen LogP) is 6.77. The summed E-state index contributed by atoms with van der Waals surface area (Å²) in [5.74, 6) is 0.532. The lowest BCUT2D eigenvalue weighted by Crippen LogP contribution is -2.45. The number of nitriles is 1. The highest BCUT2D eigenvalue weighted by Crippen LogP contribution is 2.44. The van der Waals surface area contributed by atoms with Crippen molar-refractivity contribution in [3.63, 3.8) is 0 Å². The van der Waals surface area contributed by atoms with Crippen LogP contribution in [-0.2, 0) is 29.2 Å². The van der Waals surface area contributed by atoms with Crippen molar-refractivity contribution in [1.29, 1.82) is 5.26 Å². The minimum atomic E-state index is -1.95. The second-order valence-electron chi connectivity index (χ2n) is 14.2. The van der Waals surface area contributed by atoms with Crippen molar-refractivity contribution < 1.29 is 9.53 Å². The maximum Gasteiger partial charge on any atom is 0.227 e. The maximum atomic E-state index is 10.1. The number of nitrogens with one attached hydrogen (secondary N) is 2. The van der Waals surface area contributed by atoms with Gasteiger partial charge in [0.15, 0.2) is 8.32 Å². The minimum absolute atomic E-state index is 0.122. The van der Waals surface area contributed by atoms with Crippen LogP contribution in [0.25, 0.3) is 11.3 Å². The second kappa shape index (κ2) is 12.2. The molecule has 0 fully saturated rings. The minimum Gasteiger partial charge on any atom is -0.416 e. The Balaban J connectivity index is 1.43. The number of fused-ring (bicyclic) bond motifs is 2. The summed E-state index contributed by atoms with van der Waals surface area (Å²) in [6, 6.07) is 12.9. The van der Waals surface area contributed by atoms with Crippen molar-refractivity contribution in [2.45, 2.75) is 90.5 Å². The fourth-order valence-corrected chi connectivity index (χ4v) is 7.19. The van der Waals surface area contributed by atoms with Crippen LogP contribution in [-0.4, -0.2) is 60.6 Å². The Morgan fingerprint density at radius 2 is 2.02 bits per heavy atom. The molecular formula is C35H48N6O2Si. The molecule has 44 heavy (non-hydrogen) atoms. The summed E-state index contributed by atoms with van der Waals surface area (Å²) in [6.45, 7) is 21.1. The number of rotatable bonds is 9. The number of nitrogens with zero attached hydrogens (tertiary/aromatic N) is 4. The quantitative estimate of drug-likeness (QED) is 0.228. The molecule has 234 valence electrons. The molecule has 0 spiro atoms. The van der Waals surface area contributed by atoms with E-state index in [9.17, 15) is 10.4 Å². The third kappa shape index (κ3) is 6.14. The SMILES string of the molecule is CCc1c(Nc2nccc(-c3cc(C#N)c4c(c3)[C@@](C)(CO[Si](C)(C)C(C)(C)C)CN4)n2)ccc2c1CCN(C(C)CO)C2. The average molecular weight is 613 g/mol. The van der Waals surface area contributed by atoms with Gasteiger partial charge in [-0.05, 0) is 84.4 Å². The van der Waals surface area contributed by atoms with Crippen molar-refractivity contribution >= 4 is 25.6 Å². The Morgan fingerprint density at radius 3 is 2.70 bits per heavy atom. The van der Waals surface area contributed by atoms with E-state index in [4.69, 9.17) is 9.41 Å². The largest absolute Gasteiger partial charge is 0.416 e. The summed E-state index contributed by atoms with van der Waals surface area (Å²) in [4.78, 5) is 11.8. The first kappa shape index (κ1) is 32.1. The van der Waals surface area contributed by atoms with Crippen molar-refractivity contribution in [2.24, 2.45) is 0 Å². The lowest BCUT2D eigenvalue weighted by molar-refractivity contribution is 0.123. The molecule has 0 saturated heterocycles. The van der Waals surface area contributed by atoms with E-state index in [0.717, 1.165) is 60.7 Å². The molecule has 0 aliphatic carbocycles. The Bertz CT molecular complexity index is 1580. The molecule has 3 heterocycles. The fraction of sp³-hybridized carbons (Fsp3) is 0.514. The van der Waals surface area contributed by atoms with E-state index < -0.39 is 8.32 Å². The highest BCUT2D eigenvalue weighted by molar-refractivity contribution is 6.74. The molecule has 0 saturated carbocycles. The zero-order valence-corrected chi connectivity index (χ0v) is 28.6. The number of aliphatic hydroxyl groups excluding tert-OH is 1. The third-order valence-corrected chi connectivity index (χ3v) is 14.6. The van der Waals surface area contributed by atoms with E-state index in [1.807, 2.05) is 12.1 Å². The van der Waals surface area contributed by atoms with Crippen LogP contribution in [0.4, 0.5) is 17.3 Å². The van der Waals surface area contributed by atoms with Gasteiger partial charge in [-0.15, -0.1) is 0 Å². The first-order valence-corrected chi connectivity index (χ1v) is 18.8. The Hall–Kier alpha value is -3.29. The smallest absolute Gasteiger partial charge is 0.227 e. The van der Waals surface area contributed by atoms with Crippen molar-refractivity contribution in [3.05, 3.63) is 64.3 Å². The third-order valence-electron chi connectivity index (χ3n) is 10.1. The Morgan fingerprint density at radius 1 is 1.25 bits per heavy atom. The van der Waals surface area contributed by atoms with E-state index in [0.29, 0.717) is 18.1 Å². The van der Waals surface area contributed by atoms with Gasteiger partial charge in [0.2, 0.25) is 5.95 Å². The maximum absolute atomic E-state index is 10.1. The summed E-state index contributed by atoms with van der Waals surface area (Å²) in [5, 5.41) is 26.9. The van der Waals surface area contributed by atoms with Crippen molar-refractivity contribution in [1.82, 2.24) is 14.9 Å². The van der Waals surface area contributed by atoms with Gasteiger partial charge >= 0.3 is 0 Å². The zero-order chi connectivity index (χ0) is 31.9. The van der Waals surface area contributed by atoms with E-state index in [2.05, 4.69) is 99.4 Å². The molecule has 3 aromatic rings. The molecule has 9 heteroatoms. The molecule has 0 bridgehead atoms. The van der Waals surface area contributed by atoms with Crippen molar-refractivity contribution in [3.8, 4) is 17.3 Å². The molecule has 3 N–H and O–H groups in total. The van der Waals surface area contributed by atoms with Crippen LogP contribution < -0.4 is 10.6 Å². The topological polar surface area (TPSA) is 106 Å². The Kier molecular flexibility index (Phi) is 8.93. The number of anilines is 3. The van der Waals surface area contributed by atoms with Crippen LogP contribution in [0.5, 0.6) is 0 Å². The van der Waals surface area contributed by atoms with Crippen LogP contribution in [0, 0.1) is 11.3 Å². The molecular weight excluding hydrogens is 565 g/mol. The van der Waals surface area contributed by atoms with Crippen LogP contribution in [0.1, 0.15) is 69.4 Å². The Labute approximate surface area is 264 Å². The molecule has 1 aromatic heterocycles. The summed E-state index contributed by atoms with van der Waals surface area (Å²) >= 11 is 0. The van der Waals surface area contributed by atoms with Gasteiger partial charge in [-0.1, -0.05) is 40.7 Å². The van der Waals surface area contributed by atoms with E-state index in [-0.39, 0.29) is 23.1 Å². The van der Waals surface area contributed by atoms with Crippen LogP contribution >= 0.6 is 0 Å². The predicted molar refractivity (Wildman–Crippen MR) is 181 cm³/mol. The highest BCUT2D eigenvalue weighted by atomic mass is 28.4. The summed E-state index contributed by atoms with van der Waals surface area (Å²) in [7, 11) is -1.95. The molecule has 1 unspecified atom stereocenters. The van der Waals surface area contributed by atoms with Crippen LogP contribution in [0.15, 0.2) is 36.5 Å². The molecule has 0 radical (unpaired) electrons. The van der Waals surface area contributed by atoms with Gasteiger partial charge in [0, 0.05) is 55.1 Å². The van der Waals surface area contributed by atoms with Gasteiger partial charge in [0.1, 0.15) is 6.07 Å². The van der Waals surface area contributed by atoms with Gasteiger partial charge in [0.05, 0.1) is 23.6 Å². The van der Waals surface area contributed by atoms with Gasteiger partial charge in [-0.25, -0.2) is 9.97 Å². The standard InChI is InChI=1S/C35H48N6O2Si/c1-9-27-28-13-15-41(23(2)20-42)19-24(28)10-11-31(27)40-33-37-14-12-30(39-33)25-16-26(18-36)32-29(17-25)35(6,21-38-32)22-43-44(7,8)34(3,4)5/h10-12,14,16-17,23,38,42H,9,13,15,19-22H2,1-8H3,(H,37,39,40)/t23?,35-/m1/s1. The fourth-order valence-electron chi connectivity index (χ4n) is 6.08. The van der Waals surface area contributed by atoms with Gasteiger partial charge < -0.3 is 20.2 Å². The zero-order valence-electron chi connectivity index (χ0n) is 27.6. The van der Waals surface area contributed by atoms with E-state index in [1.165, 1.54) is 16.7 Å². The van der Waals surface area contributed by atoms with E-state index >= 15 is 0 Å². The van der Waals surface area contributed by atoms with E-state index in [1.54, 1.807) is 6.20 Å². The number of hydrogen-bond acceptors (Lipinski definition) is 8. The van der Waals surface area contributed by atoms with Gasteiger partial charge in [-0.2, -0.15) is 5.26 Å². The summed E-state index contributed by atoms with van der Waals surface area (Å²) < 4.78 is 6.69. The molecule has 2 atom stereocenters. The molecule has 2 aromatic carbocycles. The van der Waals surface area contributed by atoms with Crippen molar-refractivity contribution in [2.75, 3.05) is 36.9 Å². The number of benzene rings is 2. The lowest BCUT2D eigenvalue weighted by atomic mass is 9.83. The van der Waals surface area contributed by atoms with Crippen LogP contribution in [0.2, 0.25) is 18.1 Å².